The van der Waals surface area contributed by atoms with Crippen molar-refractivity contribution in [2.45, 2.75) is 26.3 Å². The molecule has 4 heteroatoms. The zero-order valence-corrected chi connectivity index (χ0v) is 12.1. The van der Waals surface area contributed by atoms with Crippen molar-refractivity contribution >= 4 is 22.8 Å². The van der Waals surface area contributed by atoms with Crippen molar-refractivity contribution in [1.29, 1.82) is 0 Å². The second-order valence-electron chi connectivity index (χ2n) is 4.52. The lowest BCUT2D eigenvalue weighted by Crippen LogP contribution is -2.16. The van der Waals surface area contributed by atoms with Crippen molar-refractivity contribution in [3.63, 3.8) is 0 Å². The molecular weight excluding hydrogens is 256 g/mol. The van der Waals surface area contributed by atoms with Crippen molar-refractivity contribution < 1.29 is 4.79 Å². The van der Waals surface area contributed by atoms with Crippen LogP contribution >= 0.6 is 11.3 Å². The third kappa shape index (κ3) is 3.41. The van der Waals surface area contributed by atoms with Gasteiger partial charge in [0.2, 0.25) is 0 Å². The fourth-order valence-corrected chi connectivity index (χ4v) is 2.83. The van der Waals surface area contributed by atoms with E-state index in [2.05, 4.69) is 28.9 Å². The predicted molar refractivity (Wildman–Crippen MR) is 80.0 cm³/mol. The summed E-state index contributed by atoms with van der Waals surface area (Å²) in [7, 11) is 2.01. The number of hydrogen-bond acceptors (Lipinski definition) is 4. The van der Waals surface area contributed by atoms with E-state index in [4.69, 9.17) is 0 Å². The Balaban J connectivity index is 2.15. The first-order valence-electron chi connectivity index (χ1n) is 6.44. The van der Waals surface area contributed by atoms with E-state index in [9.17, 15) is 4.79 Å². The molecule has 0 unspecified atom stereocenters. The molecule has 3 nitrogen and oxygen atoms in total. The van der Waals surface area contributed by atoms with Gasteiger partial charge in [-0.15, -0.1) is 0 Å². The highest BCUT2D eigenvalue weighted by molar-refractivity contribution is 7.17. The third-order valence-electron chi connectivity index (χ3n) is 2.90. The molecule has 0 fully saturated rings. The molecular formula is C15H18N2OS. The Hall–Kier alpha value is -1.68. The van der Waals surface area contributed by atoms with E-state index in [1.54, 1.807) is 0 Å². The average Bonchev–Trinajstić information content (AvgIpc) is 2.83. The maximum absolute atomic E-state index is 11.0. The van der Waals surface area contributed by atoms with Crippen LogP contribution < -0.4 is 4.90 Å². The topological polar surface area (TPSA) is 33.2 Å². The van der Waals surface area contributed by atoms with Gasteiger partial charge >= 0.3 is 0 Å². The lowest BCUT2D eigenvalue weighted by molar-refractivity contribution is 0.112. The number of aromatic nitrogens is 1. The van der Waals surface area contributed by atoms with Gasteiger partial charge in [0, 0.05) is 13.6 Å². The Bertz CT molecular complexity index is 536. The number of aldehydes is 1. The molecule has 1 aromatic carbocycles. The lowest BCUT2D eigenvalue weighted by atomic mass is 10.2. The molecule has 0 spiro atoms. The maximum Gasteiger partial charge on any atom is 0.186 e. The number of hydrogen-bond donors (Lipinski definition) is 0. The minimum absolute atomic E-state index is 0.761. The van der Waals surface area contributed by atoms with Gasteiger partial charge in [0.25, 0.3) is 0 Å². The molecule has 0 bridgehead atoms. The van der Waals surface area contributed by atoms with E-state index in [1.807, 2.05) is 25.2 Å². The van der Waals surface area contributed by atoms with E-state index in [1.165, 1.54) is 16.9 Å². The molecule has 0 atom stereocenters. The van der Waals surface area contributed by atoms with E-state index < -0.39 is 0 Å². The smallest absolute Gasteiger partial charge is 0.186 e. The minimum Gasteiger partial charge on any atom is -0.347 e. The molecule has 0 radical (unpaired) electrons. The number of nitrogens with zero attached hydrogens (tertiary/aromatic N) is 2. The van der Waals surface area contributed by atoms with Crippen LogP contribution in [0.25, 0.3) is 0 Å². The Kier molecular flexibility index (Phi) is 4.68. The molecule has 0 aliphatic carbocycles. The maximum atomic E-state index is 11.0. The zero-order valence-electron chi connectivity index (χ0n) is 11.3. The zero-order chi connectivity index (χ0) is 13.7. The molecule has 0 aliphatic rings. The summed E-state index contributed by atoms with van der Waals surface area (Å²) in [6.07, 6.45) is 2.79. The summed E-state index contributed by atoms with van der Waals surface area (Å²) < 4.78 is 0. The molecule has 0 aliphatic heterocycles. The number of rotatable bonds is 6. The van der Waals surface area contributed by atoms with Crippen molar-refractivity contribution in [3.05, 3.63) is 46.5 Å². The molecule has 19 heavy (non-hydrogen) atoms. The van der Waals surface area contributed by atoms with Crippen LogP contribution in [0.5, 0.6) is 0 Å². The van der Waals surface area contributed by atoms with Crippen LogP contribution in [-0.4, -0.2) is 18.3 Å². The Morgan fingerprint density at radius 2 is 2.05 bits per heavy atom. The summed E-state index contributed by atoms with van der Waals surface area (Å²) in [6, 6.07) is 10.3. The van der Waals surface area contributed by atoms with Crippen LogP contribution in [0.4, 0.5) is 5.13 Å². The SMILES string of the molecule is CCCc1nc(N(C)Cc2ccccc2)sc1C=O. The van der Waals surface area contributed by atoms with Gasteiger partial charge in [-0.05, 0) is 12.0 Å². The summed E-state index contributed by atoms with van der Waals surface area (Å²) in [5.41, 5.74) is 2.17. The second kappa shape index (κ2) is 6.48. The standard InChI is InChI=1S/C15H18N2OS/c1-3-7-13-14(11-18)19-15(16-13)17(2)10-12-8-5-4-6-9-12/h4-6,8-9,11H,3,7,10H2,1-2H3. The van der Waals surface area contributed by atoms with Gasteiger partial charge in [-0.1, -0.05) is 55.0 Å². The van der Waals surface area contributed by atoms with Crippen molar-refractivity contribution in [2.75, 3.05) is 11.9 Å². The van der Waals surface area contributed by atoms with Crippen LogP contribution in [0.3, 0.4) is 0 Å². The fourth-order valence-electron chi connectivity index (χ4n) is 1.95. The summed E-state index contributed by atoms with van der Waals surface area (Å²) in [5, 5.41) is 0.911. The first-order valence-corrected chi connectivity index (χ1v) is 7.26. The van der Waals surface area contributed by atoms with Gasteiger partial charge in [-0.2, -0.15) is 0 Å². The van der Waals surface area contributed by atoms with Gasteiger partial charge in [-0.3, -0.25) is 4.79 Å². The van der Waals surface area contributed by atoms with E-state index in [-0.39, 0.29) is 0 Å². The van der Waals surface area contributed by atoms with E-state index in [0.717, 1.165) is 41.4 Å². The van der Waals surface area contributed by atoms with Gasteiger partial charge < -0.3 is 4.90 Å². The quantitative estimate of drug-likeness (QED) is 0.755. The number of benzene rings is 1. The average molecular weight is 274 g/mol. The van der Waals surface area contributed by atoms with Gasteiger partial charge in [0.05, 0.1) is 10.6 Å². The highest BCUT2D eigenvalue weighted by Gasteiger charge is 2.13. The highest BCUT2D eigenvalue weighted by Crippen LogP contribution is 2.26. The molecule has 1 aromatic heterocycles. The largest absolute Gasteiger partial charge is 0.347 e. The monoisotopic (exact) mass is 274 g/mol. The minimum atomic E-state index is 0.761. The third-order valence-corrected chi connectivity index (χ3v) is 4.04. The van der Waals surface area contributed by atoms with E-state index in [0.29, 0.717) is 0 Å². The fraction of sp³-hybridized carbons (Fsp3) is 0.333. The Morgan fingerprint density at radius 3 is 2.68 bits per heavy atom. The Morgan fingerprint density at radius 1 is 1.32 bits per heavy atom. The molecule has 1 heterocycles. The Labute approximate surface area is 117 Å². The van der Waals surface area contributed by atoms with Crippen LogP contribution in [0, 0.1) is 0 Å². The van der Waals surface area contributed by atoms with Crippen LogP contribution in [0.1, 0.15) is 34.3 Å². The second-order valence-corrected chi connectivity index (χ2v) is 5.53. The molecule has 0 saturated carbocycles. The normalized spacial score (nSPS) is 10.4. The van der Waals surface area contributed by atoms with Crippen molar-refractivity contribution in [1.82, 2.24) is 4.98 Å². The molecule has 2 rings (SSSR count). The van der Waals surface area contributed by atoms with Gasteiger partial charge in [-0.25, -0.2) is 4.98 Å². The van der Waals surface area contributed by atoms with Crippen molar-refractivity contribution in [3.8, 4) is 0 Å². The first-order chi connectivity index (χ1) is 9.24. The van der Waals surface area contributed by atoms with Gasteiger partial charge in [0.1, 0.15) is 0 Å². The number of thiazole rings is 1. The van der Waals surface area contributed by atoms with Crippen LogP contribution in [0.2, 0.25) is 0 Å². The highest BCUT2D eigenvalue weighted by atomic mass is 32.1. The summed E-state index contributed by atoms with van der Waals surface area (Å²) >= 11 is 1.47. The van der Waals surface area contributed by atoms with Crippen LogP contribution in [0.15, 0.2) is 30.3 Å². The summed E-state index contributed by atoms with van der Waals surface area (Å²) in [6.45, 7) is 2.90. The first kappa shape index (κ1) is 13.7. The molecule has 0 saturated heterocycles. The van der Waals surface area contributed by atoms with Gasteiger partial charge in [0.15, 0.2) is 11.4 Å². The van der Waals surface area contributed by atoms with Crippen LogP contribution in [-0.2, 0) is 13.0 Å². The number of anilines is 1. The molecule has 2 aromatic rings. The molecule has 0 amide bonds. The molecule has 100 valence electrons. The molecule has 0 N–H and O–H groups in total. The van der Waals surface area contributed by atoms with Crippen molar-refractivity contribution in [2.24, 2.45) is 0 Å². The summed E-state index contributed by atoms with van der Waals surface area (Å²) in [4.78, 5) is 18.5. The number of carbonyl (C=O) groups is 1. The summed E-state index contributed by atoms with van der Waals surface area (Å²) in [5.74, 6) is 0. The predicted octanol–water partition coefficient (Wildman–Crippen LogP) is 3.54. The number of aryl methyl sites for hydroxylation is 1. The lowest BCUT2D eigenvalue weighted by Gasteiger charge is -2.15. The number of carbonyl (C=O) groups excluding carboxylic acids is 1. The van der Waals surface area contributed by atoms with E-state index >= 15 is 0 Å².